The molecule has 0 saturated carbocycles. The fourth-order valence-electron chi connectivity index (χ4n) is 2.21. The van der Waals surface area contributed by atoms with Crippen LogP contribution in [0.2, 0.25) is 0 Å². The first-order valence-corrected chi connectivity index (χ1v) is 6.81. The van der Waals surface area contributed by atoms with Gasteiger partial charge < -0.3 is 10.1 Å². The van der Waals surface area contributed by atoms with Crippen molar-refractivity contribution in [2.24, 2.45) is 5.92 Å². The Morgan fingerprint density at radius 1 is 1.11 bits per heavy atom. The van der Waals surface area contributed by atoms with Crippen molar-refractivity contribution in [2.75, 3.05) is 26.8 Å². The summed E-state index contributed by atoms with van der Waals surface area (Å²) in [6.45, 7) is 11.7. The Hall–Kier alpha value is -0.860. The first kappa shape index (κ1) is 15.2. The van der Waals surface area contributed by atoms with Gasteiger partial charge in [-0.25, -0.2) is 0 Å². The molecule has 18 heavy (non-hydrogen) atoms. The van der Waals surface area contributed by atoms with Crippen LogP contribution in [0, 0.1) is 26.7 Å². The number of ether oxygens (including phenoxy) is 1. The lowest BCUT2D eigenvalue weighted by atomic mass is 9.94. The van der Waals surface area contributed by atoms with E-state index in [1.165, 1.54) is 22.3 Å². The summed E-state index contributed by atoms with van der Waals surface area (Å²) in [4.78, 5) is 0. The maximum atomic E-state index is 5.03. The summed E-state index contributed by atoms with van der Waals surface area (Å²) < 4.78 is 5.03. The highest BCUT2D eigenvalue weighted by Crippen LogP contribution is 2.18. The zero-order valence-electron chi connectivity index (χ0n) is 12.5. The summed E-state index contributed by atoms with van der Waals surface area (Å²) in [5.74, 6) is 0.655. The van der Waals surface area contributed by atoms with E-state index in [9.17, 15) is 0 Å². The van der Waals surface area contributed by atoms with Gasteiger partial charge in [-0.1, -0.05) is 19.1 Å². The van der Waals surface area contributed by atoms with Gasteiger partial charge in [-0.05, 0) is 61.9 Å². The quantitative estimate of drug-likeness (QED) is 0.750. The topological polar surface area (TPSA) is 21.3 Å². The van der Waals surface area contributed by atoms with Crippen LogP contribution in [0.3, 0.4) is 0 Å². The van der Waals surface area contributed by atoms with Gasteiger partial charge in [0.15, 0.2) is 0 Å². The van der Waals surface area contributed by atoms with Gasteiger partial charge in [0.25, 0.3) is 0 Å². The van der Waals surface area contributed by atoms with E-state index >= 15 is 0 Å². The second kappa shape index (κ2) is 7.55. The molecule has 0 aliphatic rings. The molecule has 2 heteroatoms. The van der Waals surface area contributed by atoms with E-state index < -0.39 is 0 Å². The van der Waals surface area contributed by atoms with E-state index in [0.717, 1.165) is 26.1 Å². The smallest absolute Gasteiger partial charge is 0.0587 e. The molecule has 0 aliphatic heterocycles. The van der Waals surface area contributed by atoms with Gasteiger partial charge in [0, 0.05) is 13.7 Å². The van der Waals surface area contributed by atoms with E-state index in [2.05, 4.69) is 45.1 Å². The first-order valence-electron chi connectivity index (χ1n) is 6.81. The van der Waals surface area contributed by atoms with Gasteiger partial charge in [-0.2, -0.15) is 0 Å². The molecule has 0 radical (unpaired) electrons. The lowest BCUT2D eigenvalue weighted by molar-refractivity contribution is 0.198. The van der Waals surface area contributed by atoms with Crippen LogP contribution < -0.4 is 5.32 Å². The summed E-state index contributed by atoms with van der Waals surface area (Å²) >= 11 is 0. The van der Waals surface area contributed by atoms with Gasteiger partial charge >= 0.3 is 0 Å². The fourth-order valence-corrected chi connectivity index (χ4v) is 2.21. The summed E-state index contributed by atoms with van der Waals surface area (Å²) in [7, 11) is 1.74. The molecule has 0 saturated heterocycles. The lowest BCUT2D eigenvalue weighted by Gasteiger charge is -2.15. The largest absolute Gasteiger partial charge is 0.383 e. The minimum atomic E-state index is 0.655. The molecule has 0 bridgehead atoms. The Morgan fingerprint density at radius 3 is 2.44 bits per heavy atom. The predicted octanol–water partition coefficient (Wildman–Crippen LogP) is 3.03. The second-order valence-electron chi connectivity index (χ2n) is 5.37. The summed E-state index contributed by atoms with van der Waals surface area (Å²) in [6.07, 6.45) is 1.15. The minimum absolute atomic E-state index is 0.655. The van der Waals surface area contributed by atoms with Crippen molar-refractivity contribution >= 4 is 0 Å². The molecule has 1 unspecified atom stereocenters. The number of hydrogen-bond acceptors (Lipinski definition) is 2. The molecule has 1 aromatic carbocycles. The van der Waals surface area contributed by atoms with Crippen LogP contribution in [-0.4, -0.2) is 26.8 Å². The molecule has 1 rings (SSSR count). The van der Waals surface area contributed by atoms with Gasteiger partial charge in [-0.3, -0.25) is 0 Å². The molecular weight excluding hydrogens is 222 g/mol. The third-order valence-corrected chi connectivity index (χ3v) is 3.50. The maximum absolute atomic E-state index is 5.03. The Morgan fingerprint density at radius 2 is 1.78 bits per heavy atom. The highest BCUT2D eigenvalue weighted by Gasteiger charge is 2.07. The van der Waals surface area contributed by atoms with Crippen LogP contribution in [0.15, 0.2) is 12.1 Å². The van der Waals surface area contributed by atoms with E-state index in [-0.39, 0.29) is 0 Å². The molecule has 1 aromatic rings. The SMILES string of the molecule is COCCNCC(C)Cc1cc(C)c(C)cc1C. The van der Waals surface area contributed by atoms with Crippen molar-refractivity contribution < 1.29 is 4.74 Å². The number of rotatable bonds is 7. The first-order chi connectivity index (χ1) is 8.54. The van der Waals surface area contributed by atoms with Crippen LogP contribution in [-0.2, 0) is 11.2 Å². The molecule has 0 heterocycles. The third-order valence-electron chi connectivity index (χ3n) is 3.50. The van der Waals surface area contributed by atoms with Crippen LogP contribution >= 0.6 is 0 Å². The van der Waals surface area contributed by atoms with E-state index in [4.69, 9.17) is 4.74 Å². The van der Waals surface area contributed by atoms with Gasteiger partial charge in [0.2, 0.25) is 0 Å². The van der Waals surface area contributed by atoms with Crippen molar-refractivity contribution in [2.45, 2.75) is 34.1 Å². The van der Waals surface area contributed by atoms with Gasteiger partial charge in [0.1, 0.15) is 0 Å². The van der Waals surface area contributed by atoms with Crippen molar-refractivity contribution in [1.29, 1.82) is 0 Å². The van der Waals surface area contributed by atoms with Crippen LogP contribution in [0.1, 0.15) is 29.2 Å². The van der Waals surface area contributed by atoms with E-state index in [1.54, 1.807) is 7.11 Å². The average Bonchev–Trinajstić information content (AvgIpc) is 2.32. The monoisotopic (exact) mass is 249 g/mol. The van der Waals surface area contributed by atoms with Crippen molar-refractivity contribution in [3.8, 4) is 0 Å². The molecule has 0 aromatic heterocycles. The van der Waals surface area contributed by atoms with Crippen molar-refractivity contribution in [1.82, 2.24) is 5.32 Å². The van der Waals surface area contributed by atoms with Crippen LogP contribution in [0.25, 0.3) is 0 Å². The van der Waals surface area contributed by atoms with Crippen LogP contribution in [0.5, 0.6) is 0 Å². The molecule has 1 N–H and O–H groups in total. The predicted molar refractivity (Wildman–Crippen MR) is 78.3 cm³/mol. The van der Waals surface area contributed by atoms with Crippen molar-refractivity contribution in [3.05, 3.63) is 34.4 Å². The normalized spacial score (nSPS) is 12.7. The van der Waals surface area contributed by atoms with E-state index in [1.807, 2.05) is 0 Å². The molecule has 0 aliphatic carbocycles. The molecular formula is C16H27NO. The third kappa shape index (κ3) is 4.79. The fraction of sp³-hybridized carbons (Fsp3) is 0.625. The molecule has 2 nitrogen and oxygen atoms in total. The highest BCUT2D eigenvalue weighted by atomic mass is 16.5. The lowest BCUT2D eigenvalue weighted by Crippen LogP contribution is -2.25. The minimum Gasteiger partial charge on any atom is -0.383 e. The number of aryl methyl sites for hydroxylation is 3. The zero-order chi connectivity index (χ0) is 13.5. The maximum Gasteiger partial charge on any atom is 0.0587 e. The van der Waals surface area contributed by atoms with Crippen molar-refractivity contribution in [3.63, 3.8) is 0 Å². The molecule has 102 valence electrons. The second-order valence-corrected chi connectivity index (χ2v) is 5.37. The van der Waals surface area contributed by atoms with E-state index in [0.29, 0.717) is 5.92 Å². The summed E-state index contributed by atoms with van der Waals surface area (Å²) in [5.41, 5.74) is 5.69. The standard InChI is InChI=1S/C16H27NO/c1-12(11-17-6-7-18-5)8-16-10-14(3)13(2)9-15(16)4/h9-10,12,17H,6-8,11H2,1-5H3. The zero-order valence-corrected chi connectivity index (χ0v) is 12.5. The van der Waals surface area contributed by atoms with Crippen LogP contribution in [0.4, 0.5) is 0 Å². The molecule has 1 atom stereocenters. The van der Waals surface area contributed by atoms with Gasteiger partial charge in [-0.15, -0.1) is 0 Å². The Balaban J connectivity index is 2.48. The highest BCUT2D eigenvalue weighted by molar-refractivity contribution is 5.36. The number of nitrogens with one attached hydrogen (secondary N) is 1. The molecule has 0 spiro atoms. The summed E-state index contributed by atoms with van der Waals surface area (Å²) in [5, 5.41) is 3.43. The Labute approximate surface area is 112 Å². The molecule has 0 fully saturated rings. The Kier molecular flexibility index (Phi) is 6.37. The summed E-state index contributed by atoms with van der Waals surface area (Å²) in [6, 6.07) is 4.64. The molecule has 0 amide bonds. The Bertz CT molecular complexity index is 374. The number of benzene rings is 1. The number of methoxy groups -OCH3 is 1. The number of hydrogen-bond donors (Lipinski definition) is 1. The average molecular weight is 249 g/mol. The van der Waals surface area contributed by atoms with Gasteiger partial charge in [0.05, 0.1) is 6.61 Å².